The highest BCUT2D eigenvalue weighted by molar-refractivity contribution is 7.91. The molecule has 1 aromatic heterocycles. The smallest absolute Gasteiger partial charge is 0.356 e. The zero-order chi connectivity index (χ0) is 19.4. The predicted molar refractivity (Wildman–Crippen MR) is 98.8 cm³/mol. The molecule has 3 rings (SSSR count). The molecule has 27 heavy (non-hydrogen) atoms. The molecule has 0 radical (unpaired) electrons. The lowest BCUT2D eigenvalue weighted by Crippen LogP contribution is -2.43. The van der Waals surface area contributed by atoms with Crippen LogP contribution in [0.3, 0.4) is 0 Å². The van der Waals surface area contributed by atoms with Crippen LogP contribution in [0.5, 0.6) is 0 Å². The molecule has 1 aliphatic heterocycles. The van der Waals surface area contributed by atoms with Crippen molar-refractivity contribution in [2.24, 2.45) is 0 Å². The number of aromatic nitrogens is 2. The van der Waals surface area contributed by atoms with Crippen LogP contribution in [0.1, 0.15) is 23.8 Å². The second-order valence-corrected chi connectivity index (χ2v) is 8.57. The fourth-order valence-electron chi connectivity index (χ4n) is 3.13. The maximum absolute atomic E-state index is 12.4. The van der Waals surface area contributed by atoms with E-state index in [0.717, 1.165) is 5.56 Å². The van der Waals surface area contributed by atoms with E-state index in [-0.39, 0.29) is 23.2 Å². The first kappa shape index (κ1) is 19.1. The standard InChI is InChI=1S/C18H21N3O5S/c1-2-21(14-8-9-27(24,25)12-14)17(22)11-26-18(23)16-10-15(19-20-16)13-6-4-3-5-7-13/h3-7,10,14H,2,8-9,11-12H2,1H3,(H,19,20)/t14-/m1/s1. The number of benzene rings is 1. The van der Waals surface area contributed by atoms with Crippen LogP contribution in [0.15, 0.2) is 36.4 Å². The lowest BCUT2D eigenvalue weighted by atomic mass is 10.1. The fourth-order valence-corrected chi connectivity index (χ4v) is 4.86. The Morgan fingerprint density at radius 1 is 1.30 bits per heavy atom. The number of sulfone groups is 1. The van der Waals surface area contributed by atoms with Crippen molar-refractivity contribution in [3.63, 3.8) is 0 Å². The number of ether oxygens (including phenoxy) is 1. The van der Waals surface area contributed by atoms with Gasteiger partial charge in [0, 0.05) is 18.2 Å². The van der Waals surface area contributed by atoms with Gasteiger partial charge in [-0.3, -0.25) is 9.89 Å². The maximum Gasteiger partial charge on any atom is 0.356 e. The highest BCUT2D eigenvalue weighted by Gasteiger charge is 2.34. The molecule has 8 nitrogen and oxygen atoms in total. The maximum atomic E-state index is 12.4. The number of rotatable bonds is 6. The third kappa shape index (κ3) is 4.54. The average molecular weight is 391 g/mol. The second-order valence-electron chi connectivity index (χ2n) is 6.35. The van der Waals surface area contributed by atoms with Crippen LogP contribution in [0.4, 0.5) is 0 Å². The zero-order valence-electron chi connectivity index (χ0n) is 14.9. The summed E-state index contributed by atoms with van der Waals surface area (Å²) in [5.41, 5.74) is 1.59. The van der Waals surface area contributed by atoms with Gasteiger partial charge < -0.3 is 9.64 Å². The van der Waals surface area contributed by atoms with Crippen LogP contribution >= 0.6 is 0 Å². The van der Waals surface area contributed by atoms with Crippen LogP contribution in [-0.2, 0) is 19.4 Å². The Morgan fingerprint density at radius 3 is 2.67 bits per heavy atom. The summed E-state index contributed by atoms with van der Waals surface area (Å²) in [6.07, 6.45) is 0.414. The van der Waals surface area contributed by atoms with Crippen molar-refractivity contribution >= 4 is 21.7 Å². The molecule has 1 aliphatic rings. The van der Waals surface area contributed by atoms with E-state index in [2.05, 4.69) is 10.2 Å². The second kappa shape index (κ2) is 7.91. The summed E-state index contributed by atoms with van der Waals surface area (Å²) in [7, 11) is -3.10. The van der Waals surface area contributed by atoms with E-state index in [9.17, 15) is 18.0 Å². The highest BCUT2D eigenvalue weighted by Crippen LogP contribution is 2.19. The van der Waals surface area contributed by atoms with Crippen molar-refractivity contribution in [3.8, 4) is 11.3 Å². The molecule has 9 heteroatoms. The summed E-state index contributed by atoms with van der Waals surface area (Å²) >= 11 is 0. The molecule has 0 unspecified atom stereocenters. The van der Waals surface area contributed by atoms with Gasteiger partial charge in [0.2, 0.25) is 0 Å². The van der Waals surface area contributed by atoms with Crippen LogP contribution in [0, 0.1) is 0 Å². The largest absolute Gasteiger partial charge is 0.451 e. The number of H-pyrrole nitrogens is 1. The molecule has 1 atom stereocenters. The Labute approximate surface area is 157 Å². The van der Waals surface area contributed by atoms with E-state index in [4.69, 9.17) is 4.74 Å². The molecule has 1 aromatic carbocycles. The molecular weight excluding hydrogens is 370 g/mol. The van der Waals surface area contributed by atoms with Gasteiger partial charge >= 0.3 is 5.97 Å². The van der Waals surface area contributed by atoms with Gasteiger partial charge in [0.25, 0.3) is 5.91 Å². The van der Waals surface area contributed by atoms with Crippen LogP contribution in [0.2, 0.25) is 0 Å². The van der Waals surface area contributed by atoms with E-state index in [1.165, 1.54) is 4.90 Å². The molecule has 1 amide bonds. The molecule has 1 fully saturated rings. The van der Waals surface area contributed by atoms with Crippen molar-refractivity contribution in [1.29, 1.82) is 0 Å². The topological polar surface area (TPSA) is 109 Å². The Kier molecular flexibility index (Phi) is 5.59. The summed E-state index contributed by atoms with van der Waals surface area (Å²) in [6, 6.07) is 10.5. The van der Waals surface area contributed by atoms with Crippen molar-refractivity contribution in [3.05, 3.63) is 42.1 Å². The number of likely N-dealkylation sites (N-methyl/N-ethyl adjacent to an activating group) is 1. The lowest BCUT2D eigenvalue weighted by Gasteiger charge is -2.26. The van der Waals surface area contributed by atoms with Crippen molar-refractivity contribution in [2.75, 3.05) is 24.7 Å². The molecule has 1 N–H and O–H groups in total. The van der Waals surface area contributed by atoms with Gasteiger partial charge in [-0.25, -0.2) is 13.2 Å². The minimum atomic E-state index is -3.10. The number of amides is 1. The van der Waals surface area contributed by atoms with Crippen LogP contribution in [-0.4, -0.2) is 66.1 Å². The Hall–Kier alpha value is -2.68. The predicted octanol–water partition coefficient (Wildman–Crippen LogP) is 1.27. The number of carbonyl (C=O) groups is 2. The third-order valence-corrected chi connectivity index (χ3v) is 6.25. The quantitative estimate of drug-likeness (QED) is 0.743. The fraction of sp³-hybridized carbons (Fsp3) is 0.389. The highest BCUT2D eigenvalue weighted by atomic mass is 32.2. The Morgan fingerprint density at radius 2 is 2.04 bits per heavy atom. The first-order valence-electron chi connectivity index (χ1n) is 8.67. The molecule has 2 heterocycles. The van der Waals surface area contributed by atoms with Gasteiger partial charge in [0.15, 0.2) is 16.4 Å². The Balaban J connectivity index is 1.58. The van der Waals surface area contributed by atoms with Gasteiger partial charge in [-0.1, -0.05) is 30.3 Å². The molecule has 0 spiro atoms. The van der Waals surface area contributed by atoms with E-state index in [0.29, 0.717) is 18.7 Å². The van der Waals surface area contributed by atoms with Crippen molar-refractivity contribution < 1.29 is 22.7 Å². The number of nitrogens with one attached hydrogen (secondary N) is 1. The molecule has 144 valence electrons. The molecule has 0 aliphatic carbocycles. The number of esters is 1. The normalized spacial score (nSPS) is 18.2. The summed E-state index contributed by atoms with van der Waals surface area (Å²) in [5.74, 6) is -1.05. The van der Waals surface area contributed by atoms with E-state index in [1.54, 1.807) is 13.0 Å². The summed E-state index contributed by atoms with van der Waals surface area (Å²) in [5, 5.41) is 6.69. The first-order valence-corrected chi connectivity index (χ1v) is 10.5. The van der Waals surface area contributed by atoms with Gasteiger partial charge in [-0.05, 0) is 19.4 Å². The number of hydrogen-bond acceptors (Lipinski definition) is 6. The van der Waals surface area contributed by atoms with E-state index < -0.39 is 28.3 Å². The molecule has 2 aromatic rings. The zero-order valence-corrected chi connectivity index (χ0v) is 15.7. The Bertz CT molecular complexity index is 923. The monoisotopic (exact) mass is 391 g/mol. The molecule has 0 bridgehead atoms. The van der Waals surface area contributed by atoms with Gasteiger partial charge in [-0.2, -0.15) is 5.10 Å². The van der Waals surface area contributed by atoms with Gasteiger partial charge in [-0.15, -0.1) is 0 Å². The summed E-state index contributed by atoms with van der Waals surface area (Å²) in [6.45, 7) is 1.69. The minimum absolute atomic E-state index is 0.0402. The van der Waals surface area contributed by atoms with Gasteiger partial charge in [0.05, 0.1) is 17.2 Å². The third-order valence-electron chi connectivity index (χ3n) is 4.50. The van der Waals surface area contributed by atoms with Crippen LogP contribution in [0.25, 0.3) is 11.3 Å². The minimum Gasteiger partial charge on any atom is -0.451 e. The average Bonchev–Trinajstić information content (AvgIpc) is 3.28. The first-order chi connectivity index (χ1) is 12.9. The van der Waals surface area contributed by atoms with Gasteiger partial charge in [0.1, 0.15) is 5.69 Å². The summed E-state index contributed by atoms with van der Waals surface area (Å²) < 4.78 is 28.3. The summed E-state index contributed by atoms with van der Waals surface area (Å²) in [4.78, 5) is 26.0. The number of aromatic amines is 1. The number of carbonyl (C=O) groups excluding carboxylic acids is 2. The van der Waals surface area contributed by atoms with E-state index >= 15 is 0 Å². The van der Waals surface area contributed by atoms with Crippen LogP contribution < -0.4 is 0 Å². The molecule has 0 saturated carbocycles. The lowest BCUT2D eigenvalue weighted by molar-refractivity contribution is -0.136. The van der Waals surface area contributed by atoms with Crippen molar-refractivity contribution in [1.82, 2.24) is 15.1 Å². The molecular formula is C18H21N3O5S. The van der Waals surface area contributed by atoms with E-state index in [1.807, 2.05) is 30.3 Å². The SMILES string of the molecule is CCN(C(=O)COC(=O)c1cc(-c2ccccc2)n[nH]1)[C@@H]1CCS(=O)(=O)C1. The molecule has 1 saturated heterocycles. The van der Waals surface area contributed by atoms with Crippen molar-refractivity contribution in [2.45, 2.75) is 19.4 Å². The number of hydrogen-bond donors (Lipinski definition) is 1. The number of nitrogens with zero attached hydrogens (tertiary/aromatic N) is 2.